The molecule has 0 unspecified atom stereocenters. The molecular formula is C11H18N2S. The number of hydrogen-bond acceptors (Lipinski definition) is 3. The van der Waals surface area contributed by atoms with Crippen LogP contribution in [0.25, 0.3) is 0 Å². The fourth-order valence-corrected chi connectivity index (χ4v) is 2.73. The zero-order chi connectivity index (χ0) is 10.3. The van der Waals surface area contributed by atoms with E-state index in [1.54, 1.807) is 11.3 Å². The number of rotatable bonds is 3. The van der Waals surface area contributed by atoms with Crippen molar-refractivity contribution in [2.45, 2.75) is 51.5 Å². The summed E-state index contributed by atoms with van der Waals surface area (Å²) in [7, 11) is 0. The molecule has 0 radical (unpaired) electrons. The quantitative estimate of drug-likeness (QED) is 0.833. The maximum Gasteiger partial charge on any atom is 0.0929 e. The van der Waals surface area contributed by atoms with Gasteiger partial charge >= 0.3 is 0 Å². The van der Waals surface area contributed by atoms with E-state index in [9.17, 15) is 0 Å². The van der Waals surface area contributed by atoms with Crippen molar-refractivity contribution in [3.8, 4) is 0 Å². The van der Waals surface area contributed by atoms with Crippen molar-refractivity contribution < 1.29 is 0 Å². The van der Waals surface area contributed by atoms with Crippen molar-refractivity contribution >= 4 is 11.3 Å². The number of nitrogens with zero attached hydrogens (tertiary/aromatic N) is 1. The minimum absolute atomic E-state index is 0.219. The molecule has 0 atom stereocenters. The molecule has 1 aromatic heterocycles. The first-order valence-electron chi connectivity index (χ1n) is 5.31. The van der Waals surface area contributed by atoms with E-state index < -0.39 is 0 Å². The van der Waals surface area contributed by atoms with Crippen molar-refractivity contribution in [2.24, 2.45) is 5.73 Å². The third-order valence-corrected chi connectivity index (χ3v) is 4.10. The Hall–Kier alpha value is -0.410. The van der Waals surface area contributed by atoms with Crippen LogP contribution < -0.4 is 5.73 Å². The number of thiazole rings is 1. The molecule has 2 rings (SSSR count). The van der Waals surface area contributed by atoms with Crippen LogP contribution in [0.4, 0.5) is 0 Å². The van der Waals surface area contributed by atoms with Crippen LogP contribution in [0, 0.1) is 0 Å². The molecule has 1 heterocycles. The molecule has 1 aliphatic carbocycles. The van der Waals surface area contributed by atoms with Crippen molar-refractivity contribution in [2.75, 3.05) is 0 Å². The smallest absolute Gasteiger partial charge is 0.0929 e. The van der Waals surface area contributed by atoms with Gasteiger partial charge in [-0.25, -0.2) is 4.98 Å². The molecule has 1 aromatic rings. The van der Waals surface area contributed by atoms with E-state index in [1.165, 1.54) is 28.4 Å². The second-order valence-electron chi connectivity index (χ2n) is 4.67. The predicted octanol–water partition coefficient (Wildman–Crippen LogP) is 2.78. The molecule has 1 aliphatic rings. The summed E-state index contributed by atoms with van der Waals surface area (Å²) in [6, 6.07) is 0. The van der Waals surface area contributed by atoms with Gasteiger partial charge in [0.05, 0.1) is 10.7 Å². The third-order valence-electron chi connectivity index (χ3n) is 2.55. The maximum absolute atomic E-state index is 6.16. The lowest BCUT2D eigenvalue weighted by atomic mass is 10.0. The molecule has 0 saturated heterocycles. The lowest BCUT2D eigenvalue weighted by molar-refractivity contribution is 0.558. The highest BCUT2D eigenvalue weighted by molar-refractivity contribution is 7.11. The van der Waals surface area contributed by atoms with Crippen molar-refractivity contribution in [1.82, 2.24) is 4.98 Å². The summed E-state index contributed by atoms with van der Waals surface area (Å²) in [5.74, 6) is 0.712. The Morgan fingerprint density at radius 2 is 2.14 bits per heavy atom. The van der Waals surface area contributed by atoms with Crippen molar-refractivity contribution in [1.29, 1.82) is 0 Å². The van der Waals surface area contributed by atoms with Gasteiger partial charge in [-0.1, -0.05) is 6.92 Å². The average molecular weight is 210 g/mol. The summed E-state index contributed by atoms with van der Waals surface area (Å²) < 4.78 is 0. The SMILES string of the molecule is CCc1nc(C2CC2)c(C(C)(C)N)s1. The van der Waals surface area contributed by atoms with Gasteiger partial charge < -0.3 is 5.73 Å². The molecule has 0 aliphatic heterocycles. The molecule has 3 heteroatoms. The van der Waals surface area contributed by atoms with E-state index in [-0.39, 0.29) is 5.54 Å². The van der Waals surface area contributed by atoms with Crippen LogP contribution in [0.1, 0.15) is 55.1 Å². The lowest BCUT2D eigenvalue weighted by Crippen LogP contribution is -2.28. The predicted molar refractivity (Wildman–Crippen MR) is 60.7 cm³/mol. The fourth-order valence-electron chi connectivity index (χ4n) is 1.62. The summed E-state index contributed by atoms with van der Waals surface area (Å²) >= 11 is 1.80. The van der Waals surface area contributed by atoms with Gasteiger partial charge in [-0.05, 0) is 33.1 Å². The van der Waals surface area contributed by atoms with Crippen molar-refractivity contribution in [3.05, 3.63) is 15.6 Å². The highest BCUT2D eigenvalue weighted by Gasteiger charge is 2.33. The first-order valence-corrected chi connectivity index (χ1v) is 6.13. The summed E-state index contributed by atoms with van der Waals surface area (Å²) in [6.07, 6.45) is 3.63. The van der Waals surface area contributed by atoms with Gasteiger partial charge in [0.1, 0.15) is 0 Å². The second kappa shape index (κ2) is 3.31. The van der Waals surface area contributed by atoms with Crippen LogP contribution in [0.3, 0.4) is 0 Å². The Bertz CT molecular complexity index is 332. The average Bonchev–Trinajstić information content (AvgIpc) is 2.83. The van der Waals surface area contributed by atoms with Crippen LogP contribution in [-0.4, -0.2) is 4.98 Å². The van der Waals surface area contributed by atoms with Gasteiger partial charge in [0.25, 0.3) is 0 Å². The van der Waals surface area contributed by atoms with E-state index in [2.05, 4.69) is 20.8 Å². The molecule has 0 bridgehead atoms. The Morgan fingerprint density at radius 3 is 2.57 bits per heavy atom. The van der Waals surface area contributed by atoms with E-state index in [0.717, 1.165) is 6.42 Å². The molecule has 0 spiro atoms. The summed E-state index contributed by atoms with van der Waals surface area (Å²) in [5, 5.41) is 1.24. The van der Waals surface area contributed by atoms with E-state index in [4.69, 9.17) is 10.7 Å². The Balaban J connectivity index is 2.40. The molecule has 1 fully saturated rings. The largest absolute Gasteiger partial charge is 0.321 e. The van der Waals surface area contributed by atoms with Crippen LogP contribution >= 0.6 is 11.3 Å². The number of hydrogen-bond donors (Lipinski definition) is 1. The normalized spacial score (nSPS) is 17.4. The molecule has 78 valence electrons. The molecule has 0 aromatic carbocycles. The Morgan fingerprint density at radius 1 is 1.50 bits per heavy atom. The van der Waals surface area contributed by atoms with Crippen LogP contribution in [0.15, 0.2) is 0 Å². The standard InChI is InChI=1S/C11H18N2S/c1-4-8-13-9(7-5-6-7)10(14-8)11(2,3)12/h7H,4-6,12H2,1-3H3. The topological polar surface area (TPSA) is 38.9 Å². The van der Waals surface area contributed by atoms with E-state index in [0.29, 0.717) is 5.92 Å². The highest BCUT2D eigenvalue weighted by Crippen LogP contribution is 2.45. The van der Waals surface area contributed by atoms with Gasteiger partial charge in [0.15, 0.2) is 0 Å². The fraction of sp³-hybridized carbons (Fsp3) is 0.727. The molecular weight excluding hydrogens is 192 g/mol. The Labute approximate surface area is 89.5 Å². The third kappa shape index (κ3) is 1.84. The number of aryl methyl sites for hydroxylation is 1. The van der Waals surface area contributed by atoms with E-state index >= 15 is 0 Å². The van der Waals surface area contributed by atoms with Crippen LogP contribution in [0.5, 0.6) is 0 Å². The first kappa shape index (κ1) is 10.1. The van der Waals surface area contributed by atoms with Gasteiger partial charge in [-0.3, -0.25) is 0 Å². The van der Waals surface area contributed by atoms with Gasteiger partial charge in [-0.2, -0.15) is 0 Å². The van der Waals surface area contributed by atoms with Gasteiger partial charge in [0.2, 0.25) is 0 Å². The first-order chi connectivity index (χ1) is 6.52. The number of aromatic nitrogens is 1. The lowest BCUT2D eigenvalue weighted by Gasteiger charge is -2.17. The minimum atomic E-state index is -0.219. The Kier molecular flexibility index (Phi) is 2.40. The minimum Gasteiger partial charge on any atom is -0.321 e. The zero-order valence-corrected chi connectivity index (χ0v) is 9.95. The summed E-state index contributed by atoms with van der Waals surface area (Å²) in [5.41, 5.74) is 7.23. The number of nitrogens with two attached hydrogens (primary N) is 1. The van der Waals surface area contributed by atoms with Gasteiger partial charge in [0, 0.05) is 16.3 Å². The molecule has 1 saturated carbocycles. The molecule has 14 heavy (non-hydrogen) atoms. The summed E-state index contributed by atoms with van der Waals surface area (Å²) in [6.45, 7) is 6.31. The van der Waals surface area contributed by atoms with Crippen LogP contribution in [-0.2, 0) is 12.0 Å². The second-order valence-corrected chi connectivity index (χ2v) is 5.76. The van der Waals surface area contributed by atoms with Crippen LogP contribution in [0.2, 0.25) is 0 Å². The summed E-state index contributed by atoms with van der Waals surface area (Å²) in [4.78, 5) is 6.00. The molecule has 2 N–H and O–H groups in total. The monoisotopic (exact) mass is 210 g/mol. The van der Waals surface area contributed by atoms with E-state index in [1.807, 2.05) is 0 Å². The van der Waals surface area contributed by atoms with Crippen molar-refractivity contribution in [3.63, 3.8) is 0 Å². The highest BCUT2D eigenvalue weighted by atomic mass is 32.1. The maximum atomic E-state index is 6.16. The zero-order valence-electron chi connectivity index (χ0n) is 9.13. The molecule has 2 nitrogen and oxygen atoms in total. The van der Waals surface area contributed by atoms with Gasteiger partial charge in [-0.15, -0.1) is 11.3 Å². The molecule has 0 amide bonds.